The van der Waals surface area contributed by atoms with Crippen LogP contribution < -0.4 is 0 Å². The van der Waals surface area contributed by atoms with Gasteiger partial charge in [-0.3, -0.25) is 19.5 Å². The second-order valence-corrected chi connectivity index (χ2v) is 9.25. The molecule has 192 valence electrons. The number of aliphatic hydroxyl groups is 3. The Labute approximate surface area is 209 Å². The molecule has 1 fully saturated rings. The van der Waals surface area contributed by atoms with Crippen LogP contribution in [0, 0.1) is 17.8 Å². The van der Waals surface area contributed by atoms with E-state index in [1.165, 1.54) is 14.2 Å². The molecular weight excluding hydrogens is 464 g/mol. The number of pyridine rings is 1. The third-order valence-corrected chi connectivity index (χ3v) is 7.11. The van der Waals surface area contributed by atoms with E-state index in [0.29, 0.717) is 36.4 Å². The molecule has 3 heterocycles. The lowest BCUT2D eigenvalue weighted by Crippen LogP contribution is -2.39. The number of ether oxygens (including phenoxy) is 1. The topological polar surface area (TPSA) is 133 Å². The van der Waals surface area contributed by atoms with E-state index in [1.807, 2.05) is 24.3 Å². The zero-order valence-electron chi connectivity index (χ0n) is 20.5. The maximum absolute atomic E-state index is 12.8. The molecule has 9 nitrogen and oxygen atoms in total. The number of nitrogens with zero attached hydrogens (tertiary/aromatic N) is 2. The number of fused-ring (bicyclic) bond motifs is 1. The maximum atomic E-state index is 12.8. The van der Waals surface area contributed by atoms with Crippen LogP contribution in [0.3, 0.4) is 0 Å². The minimum absolute atomic E-state index is 0.205. The maximum Gasteiger partial charge on any atom is 0.233 e. The molecule has 0 aromatic carbocycles. The first kappa shape index (κ1) is 26.0. The largest absolute Gasteiger partial charge is 0.459 e. The Bertz CT molecular complexity index is 1150. The highest BCUT2D eigenvalue weighted by Gasteiger charge is 2.53. The van der Waals surface area contributed by atoms with Crippen molar-refractivity contribution >= 4 is 23.5 Å². The van der Waals surface area contributed by atoms with Crippen molar-refractivity contribution in [2.24, 2.45) is 17.8 Å². The fraction of sp³-hybridized carbons (Fsp3) is 0.444. The molecule has 2 aromatic rings. The predicted octanol–water partition coefficient (Wildman–Crippen LogP) is 2.03. The van der Waals surface area contributed by atoms with E-state index in [4.69, 9.17) is 9.15 Å². The third kappa shape index (κ3) is 5.05. The molecule has 0 radical (unpaired) electrons. The van der Waals surface area contributed by atoms with Crippen molar-refractivity contribution < 1.29 is 34.1 Å². The average Bonchev–Trinajstić information content (AvgIpc) is 3.44. The first-order valence-corrected chi connectivity index (χ1v) is 12.0. The van der Waals surface area contributed by atoms with Crippen LogP contribution in [-0.4, -0.2) is 70.5 Å². The SMILES string of the molecule is COCC1=C([C@H](O)CC/C(=C/c2ccc(CO)o2)c2ccccn2)[C@H](CO)[C@@H]2C(=O)N(C)C(=O)[C@@H]2C1. The van der Waals surface area contributed by atoms with Gasteiger partial charge >= 0.3 is 0 Å². The molecule has 0 bridgehead atoms. The summed E-state index contributed by atoms with van der Waals surface area (Å²) in [7, 11) is 3.00. The number of aromatic nitrogens is 1. The number of carbonyl (C=O) groups is 2. The Kier molecular flexibility index (Phi) is 8.15. The highest BCUT2D eigenvalue weighted by molar-refractivity contribution is 6.05. The number of likely N-dealkylation sites (tertiary alicyclic amines) is 1. The molecule has 0 spiro atoms. The number of allylic oxidation sites excluding steroid dienone is 1. The highest BCUT2D eigenvalue weighted by Crippen LogP contribution is 2.46. The Morgan fingerprint density at radius 2 is 2.06 bits per heavy atom. The summed E-state index contributed by atoms with van der Waals surface area (Å²) in [6.45, 7) is -0.355. The Morgan fingerprint density at radius 3 is 2.69 bits per heavy atom. The molecule has 2 aliphatic rings. The zero-order valence-corrected chi connectivity index (χ0v) is 20.5. The molecule has 9 heteroatoms. The van der Waals surface area contributed by atoms with Crippen molar-refractivity contribution in [3.63, 3.8) is 0 Å². The van der Waals surface area contributed by atoms with Crippen molar-refractivity contribution in [3.8, 4) is 0 Å². The Morgan fingerprint density at radius 1 is 1.25 bits per heavy atom. The normalized spacial score (nSPS) is 23.4. The molecule has 1 saturated heterocycles. The molecule has 0 unspecified atom stereocenters. The summed E-state index contributed by atoms with van der Waals surface area (Å²) in [6.07, 6.45) is 3.59. The summed E-state index contributed by atoms with van der Waals surface area (Å²) in [5.74, 6) is -1.49. The number of hydrogen-bond acceptors (Lipinski definition) is 8. The van der Waals surface area contributed by atoms with Crippen LogP contribution in [0.4, 0.5) is 0 Å². The zero-order chi connectivity index (χ0) is 25.8. The van der Waals surface area contributed by atoms with Crippen LogP contribution in [0.5, 0.6) is 0 Å². The first-order chi connectivity index (χ1) is 17.4. The number of imide groups is 1. The fourth-order valence-corrected chi connectivity index (χ4v) is 5.43. The summed E-state index contributed by atoms with van der Waals surface area (Å²) in [4.78, 5) is 31.1. The van der Waals surface area contributed by atoms with Crippen LogP contribution >= 0.6 is 0 Å². The second kappa shape index (κ2) is 11.3. The van der Waals surface area contributed by atoms with E-state index in [0.717, 1.165) is 21.7 Å². The summed E-state index contributed by atoms with van der Waals surface area (Å²) in [5, 5.41) is 31.0. The lowest BCUT2D eigenvalue weighted by Gasteiger charge is -2.36. The number of methoxy groups -OCH3 is 1. The molecule has 0 saturated carbocycles. The number of carbonyl (C=O) groups excluding carboxylic acids is 2. The van der Waals surface area contributed by atoms with Crippen molar-refractivity contribution in [1.29, 1.82) is 0 Å². The van der Waals surface area contributed by atoms with Crippen LogP contribution in [0.1, 0.15) is 36.5 Å². The van der Waals surface area contributed by atoms with Gasteiger partial charge in [-0.15, -0.1) is 0 Å². The van der Waals surface area contributed by atoms with Crippen LogP contribution in [0.25, 0.3) is 11.6 Å². The molecule has 4 atom stereocenters. The van der Waals surface area contributed by atoms with Crippen molar-refractivity contribution in [3.05, 3.63) is 64.9 Å². The van der Waals surface area contributed by atoms with Gasteiger partial charge in [0.2, 0.25) is 11.8 Å². The minimum Gasteiger partial charge on any atom is -0.459 e. The van der Waals surface area contributed by atoms with E-state index in [2.05, 4.69) is 4.98 Å². The summed E-state index contributed by atoms with van der Waals surface area (Å²) in [5.41, 5.74) is 2.88. The van der Waals surface area contributed by atoms with Gasteiger partial charge in [0.05, 0.1) is 36.8 Å². The van der Waals surface area contributed by atoms with Gasteiger partial charge in [0, 0.05) is 26.3 Å². The summed E-state index contributed by atoms with van der Waals surface area (Å²) in [6, 6.07) is 9.00. The van der Waals surface area contributed by atoms with E-state index < -0.39 is 23.9 Å². The van der Waals surface area contributed by atoms with E-state index in [1.54, 1.807) is 18.3 Å². The van der Waals surface area contributed by atoms with Gasteiger partial charge in [-0.25, -0.2) is 0 Å². The van der Waals surface area contributed by atoms with Gasteiger partial charge in [0.15, 0.2) is 0 Å². The first-order valence-electron chi connectivity index (χ1n) is 12.0. The van der Waals surface area contributed by atoms with Crippen LogP contribution in [0.15, 0.2) is 52.1 Å². The fourth-order valence-electron chi connectivity index (χ4n) is 5.43. The van der Waals surface area contributed by atoms with Gasteiger partial charge in [-0.1, -0.05) is 6.07 Å². The lowest BCUT2D eigenvalue weighted by molar-refractivity contribution is -0.138. The van der Waals surface area contributed by atoms with Gasteiger partial charge in [0.1, 0.15) is 18.1 Å². The monoisotopic (exact) mass is 496 g/mol. The van der Waals surface area contributed by atoms with Crippen LogP contribution in [0.2, 0.25) is 0 Å². The summed E-state index contributed by atoms with van der Waals surface area (Å²) >= 11 is 0. The Hall–Kier alpha value is -3.11. The highest BCUT2D eigenvalue weighted by atomic mass is 16.5. The smallest absolute Gasteiger partial charge is 0.233 e. The number of aliphatic hydroxyl groups excluding tert-OH is 3. The number of furan rings is 1. The molecular formula is C27H32N2O7. The molecule has 1 aliphatic carbocycles. The molecule has 2 aromatic heterocycles. The number of hydrogen-bond donors (Lipinski definition) is 3. The van der Waals surface area contributed by atoms with Crippen molar-refractivity contribution in [2.45, 2.75) is 32.0 Å². The lowest BCUT2D eigenvalue weighted by atomic mass is 9.68. The second-order valence-electron chi connectivity index (χ2n) is 9.25. The molecule has 36 heavy (non-hydrogen) atoms. The summed E-state index contributed by atoms with van der Waals surface area (Å²) < 4.78 is 11.0. The van der Waals surface area contributed by atoms with Crippen molar-refractivity contribution in [1.82, 2.24) is 9.88 Å². The van der Waals surface area contributed by atoms with Crippen molar-refractivity contribution in [2.75, 3.05) is 27.4 Å². The Balaban J connectivity index is 1.62. The third-order valence-electron chi connectivity index (χ3n) is 7.11. The van der Waals surface area contributed by atoms with Gasteiger partial charge in [-0.05, 0) is 66.3 Å². The van der Waals surface area contributed by atoms with E-state index >= 15 is 0 Å². The molecule has 2 amide bonds. The average molecular weight is 497 g/mol. The quantitative estimate of drug-likeness (QED) is 0.336. The van der Waals surface area contributed by atoms with E-state index in [-0.39, 0.29) is 31.6 Å². The van der Waals surface area contributed by atoms with Gasteiger partial charge in [-0.2, -0.15) is 0 Å². The molecule has 1 aliphatic heterocycles. The standard InChI is InChI=1S/C27H32N2O7/c1-29-26(33)20-12-17(15-35-2)24(21(14-31)25(20)27(29)34)23(32)9-6-16(22-5-3-4-10-28-22)11-18-7-8-19(13-30)36-18/h3-5,7-8,10-11,20-21,23,25,30-32H,6,9,12-15H2,1-2H3/b16-11-/t20-,21+,23-,25-/m1/s1. The predicted molar refractivity (Wildman–Crippen MR) is 131 cm³/mol. The molecule has 3 N–H and O–H groups in total. The van der Waals surface area contributed by atoms with E-state index in [9.17, 15) is 24.9 Å². The van der Waals surface area contributed by atoms with Crippen LogP contribution in [-0.2, 0) is 20.9 Å². The van der Waals surface area contributed by atoms with Gasteiger partial charge in [0.25, 0.3) is 0 Å². The number of rotatable bonds is 10. The van der Waals surface area contributed by atoms with Gasteiger partial charge < -0.3 is 24.5 Å². The number of amides is 2. The minimum atomic E-state index is -0.959. The molecule has 4 rings (SSSR count).